The number of nitrogens with two attached hydrogens (primary N) is 1. The molecule has 5 aliphatic rings. The van der Waals surface area contributed by atoms with Crippen LogP contribution in [0.5, 0.6) is 5.75 Å². The largest absolute Gasteiger partial charge is 0.493 e. The minimum absolute atomic E-state index is 0.00425. The van der Waals surface area contributed by atoms with Gasteiger partial charge in [-0.1, -0.05) is 102 Å². The average molecular weight is 1340 g/mol. The Labute approximate surface area is 551 Å². The number of amides is 11. The van der Waals surface area contributed by atoms with Crippen LogP contribution >= 0.6 is 0 Å². The van der Waals surface area contributed by atoms with Gasteiger partial charge in [-0.2, -0.15) is 0 Å². The summed E-state index contributed by atoms with van der Waals surface area (Å²) in [5.41, 5.74) is 8.78. The number of aromatic nitrogens is 1. The fraction of sp³-hybridized carbons (Fsp3) is 0.500. The van der Waals surface area contributed by atoms with Crippen LogP contribution in [0.15, 0.2) is 71.8 Å². The Morgan fingerprint density at radius 3 is 2.36 bits per heavy atom. The van der Waals surface area contributed by atoms with Gasteiger partial charge in [0.25, 0.3) is 0 Å². The molecule has 1 saturated heterocycles. The van der Waals surface area contributed by atoms with Crippen molar-refractivity contribution in [1.29, 1.82) is 0 Å². The first-order valence-corrected chi connectivity index (χ1v) is 33.3. The second-order valence-corrected chi connectivity index (χ2v) is 26.5. The predicted octanol–water partition coefficient (Wildman–Crippen LogP) is -0.437. The van der Waals surface area contributed by atoms with Crippen LogP contribution in [0.2, 0.25) is 0 Å². The maximum Gasteiger partial charge on any atom is 0.246 e. The van der Waals surface area contributed by atoms with Crippen molar-refractivity contribution < 1.29 is 77.0 Å². The third-order valence-corrected chi connectivity index (χ3v) is 19.6. The number of primary amides is 1. The van der Waals surface area contributed by atoms with E-state index in [0.29, 0.717) is 56.3 Å². The van der Waals surface area contributed by atoms with E-state index >= 15 is 4.21 Å². The summed E-state index contributed by atoms with van der Waals surface area (Å²) in [6, 6.07) is 11.0. The standard InChI is InChI=1S/C66H86N12O16S/c1-5-37(2)59-66(4,23-11-6-12-24-69-54(84)21-22-57(87)77-31-41-15-8-7-13-39(41)17-18-40-14-9-10-16-50(40)77)35-94-43-19-20-44-45-27-47(60(88)70-30-56(86)75-59)72-63(91)58(38(3)52(82)33-79)76-62(90)51-25-42(81)32-78(51)65(92)48(28-53(67)83)73-61(89)49(71-55(85)29-68-36-80)34-95(93)64(45)74-46(44)26-43/h7-10,13-20,26,36-38,42,47-49,51-52,58-59,74,79,81-82H,5-6,11-12,21-25,27-35H2,1-4H3,(H2,67,83)(H,68,80)(H,69,84)(H,70,88)(H,71,85)(H,72,91)(H,73,89)(H,75,86)(H,76,90)/b18-17-/t37-,38+,42-,47+,48+,49-,51?,52+,58+,59+,66?,95?/m1/s1. The van der Waals surface area contributed by atoms with Gasteiger partial charge < -0.3 is 83.1 Å². The smallest absolute Gasteiger partial charge is 0.246 e. The third kappa shape index (κ3) is 18.2. The van der Waals surface area contributed by atoms with Crippen LogP contribution in [0.1, 0.15) is 108 Å². The van der Waals surface area contributed by atoms with Crippen LogP contribution in [-0.2, 0) is 76.5 Å². The number of fused-ring (bicyclic) bond motifs is 12. The number of hydrogen-bond donors (Lipinski definition) is 13. The highest BCUT2D eigenvalue weighted by molar-refractivity contribution is 7.85. The molecule has 0 aliphatic carbocycles. The number of hydrogen-bond acceptors (Lipinski definition) is 16. The molecule has 14 N–H and O–H groups in total. The van der Waals surface area contributed by atoms with Crippen LogP contribution in [0, 0.1) is 17.3 Å². The Kier molecular flexibility index (Phi) is 24.8. The van der Waals surface area contributed by atoms with Crippen molar-refractivity contribution >= 4 is 105 Å². The molecule has 4 aromatic rings. The monoisotopic (exact) mass is 1330 g/mol. The van der Waals surface area contributed by atoms with E-state index in [1.54, 1.807) is 23.1 Å². The summed E-state index contributed by atoms with van der Waals surface area (Å²) in [5, 5.41) is 53.0. The van der Waals surface area contributed by atoms with E-state index in [4.69, 9.17) is 10.5 Å². The first-order chi connectivity index (χ1) is 45.4. The number of benzene rings is 3. The normalized spacial score (nSPS) is 25.0. The maximum absolute atomic E-state index is 15.1. The molecule has 3 aromatic carbocycles. The number of nitrogens with one attached hydrogen (secondary N) is 9. The molecule has 3 unspecified atom stereocenters. The van der Waals surface area contributed by atoms with Gasteiger partial charge in [-0.15, -0.1) is 0 Å². The minimum Gasteiger partial charge on any atom is -0.493 e. The zero-order valence-corrected chi connectivity index (χ0v) is 54.4. The summed E-state index contributed by atoms with van der Waals surface area (Å²) in [7, 11) is -2.42. The number of ether oxygens (including phenoxy) is 1. The number of aliphatic hydroxyl groups is 3. The number of aliphatic hydroxyl groups excluding tert-OH is 3. The molecule has 12 atom stereocenters. The molecule has 5 bridgehead atoms. The highest BCUT2D eigenvalue weighted by atomic mass is 32.2. The Bertz CT molecular complexity index is 3580. The molecular weight excluding hydrogens is 1250 g/mol. The summed E-state index contributed by atoms with van der Waals surface area (Å²) in [4.78, 5) is 157. The van der Waals surface area contributed by atoms with Crippen LogP contribution < -0.4 is 57.9 Å². The number of carbonyl (C=O) groups is 11. The van der Waals surface area contributed by atoms with E-state index < -0.39 is 169 Å². The molecule has 6 heterocycles. The van der Waals surface area contributed by atoms with E-state index in [2.05, 4.69) is 47.5 Å². The third-order valence-electron chi connectivity index (χ3n) is 18.1. The van der Waals surface area contributed by atoms with E-state index in [1.165, 1.54) is 6.92 Å². The number of anilines is 1. The fourth-order valence-electron chi connectivity index (χ4n) is 12.6. The first kappa shape index (κ1) is 71.8. The number of rotatable bonds is 20. The number of carbonyl (C=O) groups excluding carboxylic acids is 11. The molecule has 5 aliphatic heterocycles. The molecule has 9 rings (SSSR count). The van der Waals surface area contributed by atoms with Crippen molar-refractivity contribution in [1.82, 2.24) is 52.4 Å². The number of unbranched alkanes of at least 4 members (excludes halogenated alkanes) is 2. The molecule has 28 nitrogen and oxygen atoms in total. The van der Waals surface area contributed by atoms with Crippen molar-refractivity contribution in [3.05, 3.63) is 89.0 Å². The Morgan fingerprint density at radius 1 is 0.884 bits per heavy atom. The molecular formula is C66H86N12O16S. The van der Waals surface area contributed by atoms with Crippen molar-refractivity contribution in [2.45, 2.75) is 152 Å². The minimum atomic E-state index is -2.42. The van der Waals surface area contributed by atoms with Crippen LogP contribution in [-0.4, -0.2) is 188 Å². The Balaban J connectivity index is 1.07. The quantitative estimate of drug-likeness (QED) is 0.0394. The van der Waals surface area contributed by atoms with Crippen molar-refractivity contribution in [2.75, 3.05) is 50.0 Å². The topological polar surface area (TPSA) is 419 Å². The van der Waals surface area contributed by atoms with Crippen molar-refractivity contribution in [2.24, 2.45) is 23.0 Å². The van der Waals surface area contributed by atoms with Gasteiger partial charge in [0.05, 0.1) is 79.2 Å². The van der Waals surface area contributed by atoms with Crippen LogP contribution in [0.3, 0.4) is 0 Å². The SMILES string of the molecule is CC[C@@H](C)[C@@H]1NC(=O)CNC(=O)[C@@H]2Cc3c([nH]c4cc(ccc34)OCC1(C)CCCCCNC(=O)CCC(=O)N1Cc3ccccc3/C=C\c3ccccc31)S(=O)C[C@@H](NC(=O)CNC=O)C(=O)N[C@@H](CC(N)=O)C(=O)N1C[C@H](O)CC1C(=O)N[C@@H]([C@@H](C)[C@@H](O)CO)C(=O)N2. The molecule has 0 saturated carbocycles. The Hall–Kier alpha value is -9.06. The molecule has 1 aromatic heterocycles. The van der Waals surface area contributed by atoms with E-state index in [0.717, 1.165) is 27.3 Å². The molecule has 0 radical (unpaired) electrons. The van der Waals surface area contributed by atoms with Crippen LogP contribution in [0.4, 0.5) is 5.69 Å². The number of aromatic amines is 1. The molecule has 95 heavy (non-hydrogen) atoms. The van der Waals surface area contributed by atoms with Crippen molar-refractivity contribution in [3.63, 3.8) is 0 Å². The van der Waals surface area contributed by atoms with E-state index in [9.17, 15) is 68.1 Å². The summed E-state index contributed by atoms with van der Waals surface area (Å²) in [6.45, 7) is 5.25. The highest BCUT2D eigenvalue weighted by Gasteiger charge is 2.46. The Morgan fingerprint density at radius 2 is 1.62 bits per heavy atom. The number of para-hydroxylation sites is 1. The fourth-order valence-corrected chi connectivity index (χ4v) is 14.0. The van der Waals surface area contributed by atoms with E-state index in [-0.39, 0.29) is 59.7 Å². The molecule has 11 amide bonds. The number of H-pyrrole nitrogens is 1. The lowest BCUT2D eigenvalue weighted by molar-refractivity contribution is -0.144. The van der Waals surface area contributed by atoms with Gasteiger partial charge >= 0.3 is 0 Å². The zero-order chi connectivity index (χ0) is 68.7. The lowest BCUT2D eigenvalue weighted by atomic mass is 9.72. The molecule has 29 heteroatoms. The van der Waals surface area contributed by atoms with Gasteiger partial charge in [-0.3, -0.25) is 56.9 Å². The molecule has 1 fully saturated rings. The van der Waals surface area contributed by atoms with Gasteiger partial charge in [0.2, 0.25) is 65.5 Å². The molecule has 512 valence electrons. The second kappa shape index (κ2) is 32.9. The van der Waals surface area contributed by atoms with Gasteiger partial charge in [0.15, 0.2) is 0 Å². The lowest BCUT2D eigenvalue weighted by Gasteiger charge is -2.41. The van der Waals surface area contributed by atoms with Crippen molar-refractivity contribution in [3.8, 4) is 5.75 Å². The summed E-state index contributed by atoms with van der Waals surface area (Å²) in [5.74, 6) is -10.5. The first-order valence-electron chi connectivity index (χ1n) is 32.0. The van der Waals surface area contributed by atoms with Gasteiger partial charge in [-0.05, 0) is 59.2 Å². The van der Waals surface area contributed by atoms with Gasteiger partial charge in [-0.25, -0.2) is 0 Å². The molecule has 0 spiro atoms. The highest BCUT2D eigenvalue weighted by Crippen LogP contribution is 2.37. The summed E-state index contributed by atoms with van der Waals surface area (Å²) in [6.07, 6.45) is 2.30. The lowest BCUT2D eigenvalue weighted by Crippen LogP contribution is -2.62. The summed E-state index contributed by atoms with van der Waals surface area (Å²) < 4.78 is 21.8. The van der Waals surface area contributed by atoms with E-state index in [1.807, 2.05) is 81.5 Å². The van der Waals surface area contributed by atoms with Crippen LogP contribution in [0.25, 0.3) is 23.1 Å². The van der Waals surface area contributed by atoms with Gasteiger partial charge in [0, 0.05) is 67.6 Å². The maximum atomic E-state index is 15.1. The second-order valence-electron chi connectivity index (χ2n) is 25.1. The predicted molar refractivity (Wildman–Crippen MR) is 349 cm³/mol. The van der Waals surface area contributed by atoms with Gasteiger partial charge in [0.1, 0.15) is 41.0 Å². The zero-order valence-electron chi connectivity index (χ0n) is 53.6. The summed E-state index contributed by atoms with van der Waals surface area (Å²) >= 11 is 0. The average Bonchev–Trinajstić information content (AvgIpc) is 1.68. The number of nitrogens with zero attached hydrogens (tertiary/aromatic N) is 2.